The third-order valence-electron chi connectivity index (χ3n) is 2.50. The van der Waals surface area contributed by atoms with Gasteiger partial charge in [0.2, 0.25) is 5.91 Å². The Bertz CT molecular complexity index is 623. The quantitative estimate of drug-likeness (QED) is 0.606. The first-order valence-corrected chi connectivity index (χ1v) is 7.54. The molecule has 1 unspecified atom stereocenters. The van der Waals surface area contributed by atoms with Crippen LogP contribution in [-0.4, -0.2) is 43.2 Å². The molecule has 8 heteroatoms. The summed E-state index contributed by atoms with van der Waals surface area (Å²) in [6.45, 7) is -0.413. The summed E-state index contributed by atoms with van der Waals surface area (Å²) in [7, 11) is -3.76. The lowest BCUT2D eigenvalue weighted by Crippen LogP contribution is -2.40. The molecule has 0 aromatic heterocycles. The molecule has 1 amide bonds. The molecule has 0 aliphatic rings. The van der Waals surface area contributed by atoms with E-state index in [1.165, 1.54) is 12.1 Å². The van der Waals surface area contributed by atoms with E-state index in [2.05, 4.69) is 5.32 Å². The Kier molecular flexibility index (Phi) is 6.07. The van der Waals surface area contributed by atoms with E-state index in [0.29, 0.717) is 5.41 Å². The van der Waals surface area contributed by atoms with Crippen molar-refractivity contribution in [2.75, 3.05) is 6.61 Å². The topological polar surface area (TPSA) is 121 Å². The van der Waals surface area contributed by atoms with Crippen molar-refractivity contribution < 1.29 is 28.2 Å². The highest BCUT2D eigenvalue weighted by atomic mass is 32.2. The summed E-state index contributed by atoms with van der Waals surface area (Å²) < 4.78 is 23.7. The number of aliphatic hydroxyl groups is 1. The van der Waals surface area contributed by atoms with E-state index in [-0.39, 0.29) is 11.3 Å². The molecule has 0 aliphatic heterocycles. The molecule has 114 valence electrons. The van der Waals surface area contributed by atoms with E-state index in [1.54, 1.807) is 18.2 Å². The molecule has 0 saturated heterocycles. The lowest BCUT2D eigenvalue weighted by atomic mass is 10.2. The van der Waals surface area contributed by atoms with Gasteiger partial charge in [-0.3, -0.25) is 4.79 Å². The first-order chi connectivity index (χ1) is 9.86. The summed E-state index contributed by atoms with van der Waals surface area (Å²) in [5, 5.41) is 20.3. The summed E-state index contributed by atoms with van der Waals surface area (Å²) in [4.78, 5) is 22.3. The number of nitrogens with one attached hydrogen (secondary N) is 1. The van der Waals surface area contributed by atoms with Crippen LogP contribution in [0.5, 0.6) is 0 Å². The van der Waals surface area contributed by atoms with E-state index in [4.69, 9.17) is 10.2 Å². The number of sulfone groups is 1. The maximum atomic E-state index is 11.9. The zero-order chi connectivity index (χ0) is 15.9. The maximum absolute atomic E-state index is 11.9. The number of amides is 1. The highest BCUT2D eigenvalue weighted by Gasteiger charge is 2.18. The average molecular weight is 313 g/mol. The van der Waals surface area contributed by atoms with Crippen LogP contribution in [0.2, 0.25) is 0 Å². The molecule has 0 spiro atoms. The minimum Gasteiger partial charge on any atom is -0.480 e. The molecule has 1 aromatic rings. The minimum atomic E-state index is -3.76. The molecule has 7 nitrogen and oxygen atoms in total. The van der Waals surface area contributed by atoms with Gasteiger partial charge >= 0.3 is 5.97 Å². The van der Waals surface area contributed by atoms with Crippen LogP contribution in [0.4, 0.5) is 0 Å². The summed E-state index contributed by atoms with van der Waals surface area (Å²) in [5.74, 6) is -2.17. The Morgan fingerprint density at radius 1 is 1.24 bits per heavy atom. The first kappa shape index (κ1) is 16.9. The van der Waals surface area contributed by atoms with Crippen molar-refractivity contribution in [1.29, 1.82) is 0 Å². The van der Waals surface area contributed by atoms with Crippen LogP contribution in [0.15, 0.2) is 46.7 Å². The van der Waals surface area contributed by atoms with E-state index in [1.807, 2.05) is 0 Å². The number of rotatable bonds is 7. The van der Waals surface area contributed by atoms with Crippen LogP contribution in [0.25, 0.3) is 0 Å². The van der Waals surface area contributed by atoms with Gasteiger partial charge < -0.3 is 15.5 Å². The second-order valence-electron chi connectivity index (χ2n) is 4.07. The highest BCUT2D eigenvalue weighted by molar-refractivity contribution is 7.94. The van der Waals surface area contributed by atoms with E-state index >= 15 is 0 Å². The van der Waals surface area contributed by atoms with Gasteiger partial charge in [-0.15, -0.1) is 0 Å². The molecular formula is C13H15NO6S. The Morgan fingerprint density at radius 2 is 1.86 bits per heavy atom. The van der Waals surface area contributed by atoms with Gasteiger partial charge in [0, 0.05) is 24.5 Å². The maximum Gasteiger partial charge on any atom is 0.326 e. The van der Waals surface area contributed by atoms with Crippen molar-refractivity contribution in [3.8, 4) is 0 Å². The van der Waals surface area contributed by atoms with Gasteiger partial charge in [-0.1, -0.05) is 18.2 Å². The third kappa shape index (κ3) is 5.36. The predicted octanol–water partition coefficient (Wildman–Crippen LogP) is -0.0742. The number of hydrogen-bond donors (Lipinski definition) is 3. The molecule has 1 rings (SSSR count). The van der Waals surface area contributed by atoms with Gasteiger partial charge in [0.15, 0.2) is 9.84 Å². The largest absolute Gasteiger partial charge is 0.480 e. The molecule has 0 fully saturated rings. The van der Waals surface area contributed by atoms with Crippen molar-refractivity contribution in [2.45, 2.75) is 17.4 Å². The lowest BCUT2D eigenvalue weighted by molar-refractivity contribution is -0.141. The van der Waals surface area contributed by atoms with Gasteiger partial charge in [0.25, 0.3) is 0 Å². The molecule has 0 radical (unpaired) electrons. The van der Waals surface area contributed by atoms with Crippen LogP contribution >= 0.6 is 0 Å². The van der Waals surface area contributed by atoms with Gasteiger partial charge in [0.05, 0.1) is 4.90 Å². The Balaban J connectivity index is 2.76. The number of carbonyl (C=O) groups excluding carboxylic acids is 1. The average Bonchev–Trinajstić information content (AvgIpc) is 2.45. The summed E-state index contributed by atoms with van der Waals surface area (Å²) in [6, 6.07) is 6.23. The molecule has 0 bridgehead atoms. The van der Waals surface area contributed by atoms with Crippen molar-refractivity contribution in [3.63, 3.8) is 0 Å². The van der Waals surface area contributed by atoms with Crippen molar-refractivity contribution in [1.82, 2.24) is 5.32 Å². The standard InChI is InChI=1S/C13H15NO6S/c15-8-6-11(13(17)18)14-12(16)7-9-21(19,20)10-4-2-1-3-5-10/h1-5,7,9,11,15H,6,8H2,(H,14,16)(H,17,18). The number of benzene rings is 1. The summed E-state index contributed by atoms with van der Waals surface area (Å²) >= 11 is 0. The second kappa shape index (κ2) is 7.55. The fourth-order valence-corrected chi connectivity index (χ4v) is 2.44. The number of aliphatic carboxylic acids is 1. The monoisotopic (exact) mass is 313 g/mol. The summed E-state index contributed by atoms with van der Waals surface area (Å²) in [6.07, 6.45) is 0.579. The highest BCUT2D eigenvalue weighted by Crippen LogP contribution is 2.10. The minimum absolute atomic E-state index is 0.0270. The first-order valence-electron chi connectivity index (χ1n) is 5.99. The van der Waals surface area contributed by atoms with Crippen LogP contribution in [0, 0.1) is 0 Å². The molecule has 0 aliphatic carbocycles. The molecule has 0 heterocycles. The number of carbonyl (C=O) groups is 2. The van der Waals surface area contributed by atoms with Crippen LogP contribution in [0.1, 0.15) is 6.42 Å². The zero-order valence-corrected chi connectivity index (χ0v) is 11.8. The van der Waals surface area contributed by atoms with Crippen LogP contribution in [0.3, 0.4) is 0 Å². The van der Waals surface area contributed by atoms with Crippen LogP contribution in [-0.2, 0) is 19.4 Å². The second-order valence-corrected chi connectivity index (χ2v) is 5.91. The van der Waals surface area contributed by atoms with Gasteiger partial charge in [-0.2, -0.15) is 0 Å². The van der Waals surface area contributed by atoms with Crippen molar-refractivity contribution >= 4 is 21.7 Å². The number of hydrogen-bond acceptors (Lipinski definition) is 5. The number of carboxylic acids is 1. The molecule has 21 heavy (non-hydrogen) atoms. The predicted molar refractivity (Wildman–Crippen MR) is 74.0 cm³/mol. The number of carboxylic acid groups (broad SMARTS) is 1. The molecule has 0 saturated carbocycles. The number of aliphatic hydroxyl groups excluding tert-OH is 1. The fourth-order valence-electron chi connectivity index (χ4n) is 1.45. The molecule has 3 N–H and O–H groups in total. The normalized spacial score (nSPS) is 13.0. The van der Waals surface area contributed by atoms with Crippen molar-refractivity contribution in [2.24, 2.45) is 0 Å². The molecular weight excluding hydrogens is 298 g/mol. The van der Waals surface area contributed by atoms with E-state index in [0.717, 1.165) is 6.08 Å². The smallest absolute Gasteiger partial charge is 0.326 e. The SMILES string of the molecule is O=C(C=CS(=O)(=O)c1ccccc1)NC(CCO)C(=O)O. The van der Waals surface area contributed by atoms with Gasteiger partial charge in [-0.25, -0.2) is 13.2 Å². The van der Waals surface area contributed by atoms with Gasteiger partial charge in [-0.05, 0) is 12.1 Å². The molecule has 1 aromatic carbocycles. The third-order valence-corrected chi connectivity index (χ3v) is 3.93. The Morgan fingerprint density at radius 3 is 2.38 bits per heavy atom. The molecule has 1 atom stereocenters. The fraction of sp³-hybridized carbons (Fsp3) is 0.231. The van der Waals surface area contributed by atoms with Crippen LogP contribution < -0.4 is 5.32 Å². The Labute approximate surface area is 121 Å². The summed E-state index contributed by atoms with van der Waals surface area (Å²) in [5.41, 5.74) is 0. The zero-order valence-electron chi connectivity index (χ0n) is 11.0. The van der Waals surface area contributed by atoms with Crippen molar-refractivity contribution in [3.05, 3.63) is 41.8 Å². The lowest BCUT2D eigenvalue weighted by Gasteiger charge is -2.11. The van der Waals surface area contributed by atoms with Gasteiger partial charge in [0.1, 0.15) is 6.04 Å². The van der Waals surface area contributed by atoms with E-state index in [9.17, 15) is 18.0 Å². The Hall–Kier alpha value is -2.19. The van der Waals surface area contributed by atoms with E-state index < -0.39 is 34.4 Å².